The van der Waals surface area contributed by atoms with Crippen LogP contribution in [-0.2, 0) is 14.6 Å². The molecule has 1 fully saturated rings. The molecule has 1 saturated carbocycles. The van der Waals surface area contributed by atoms with E-state index in [0.717, 1.165) is 0 Å². The third-order valence-electron chi connectivity index (χ3n) is 2.58. The lowest BCUT2D eigenvalue weighted by atomic mass is 10.1. The minimum Gasteiger partial charge on any atom is -0.393 e. The molecular weight excluding hydrogens is 222 g/mol. The van der Waals surface area contributed by atoms with E-state index in [9.17, 15) is 8.42 Å². The van der Waals surface area contributed by atoms with Gasteiger partial charge in [-0.05, 0) is 13.3 Å². The first-order valence-corrected chi connectivity index (χ1v) is 6.77. The van der Waals surface area contributed by atoms with E-state index >= 15 is 0 Å². The summed E-state index contributed by atoms with van der Waals surface area (Å²) >= 11 is 4.89. The van der Waals surface area contributed by atoms with Gasteiger partial charge in [0.25, 0.3) is 0 Å². The van der Waals surface area contributed by atoms with Crippen molar-refractivity contribution in [2.75, 3.05) is 19.5 Å². The molecule has 0 bridgehead atoms. The monoisotopic (exact) mass is 237 g/mol. The molecule has 1 aliphatic carbocycles. The van der Waals surface area contributed by atoms with E-state index in [1.807, 2.05) is 6.92 Å². The Kier molecular flexibility index (Phi) is 3.18. The summed E-state index contributed by atoms with van der Waals surface area (Å²) in [6.07, 6.45) is 1.71. The van der Waals surface area contributed by atoms with Gasteiger partial charge in [0.15, 0.2) is 9.84 Å². The Morgan fingerprint density at radius 2 is 2.29 bits per heavy atom. The molecule has 2 unspecified atom stereocenters. The van der Waals surface area contributed by atoms with Gasteiger partial charge < -0.3 is 10.5 Å². The molecule has 0 spiro atoms. The number of nitrogens with two attached hydrogens (primary N) is 1. The maximum absolute atomic E-state index is 11.3. The smallest absolute Gasteiger partial charge is 0.151 e. The molecule has 82 valence electrons. The van der Waals surface area contributed by atoms with Crippen LogP contribution in [0.5, 0.6) is 0 Å². The van der Waals surface area contributed by atoms with E-state index in [1.165, 1.54) is 6.26 Å². The van der Waals surface area contributed by atoms with Crippen LogP contribution >= 0.6 is 12.2 Å². The van der Waals surface area contributed by atoms with Gasteiger partial charge in [0.2, 0.25) is 0 Å². The van der Waals surface area contributed by atoms with E-state index in [1.54, 1.807) is 0 Å². The highest BCUT2D eigenvalue weighted by molar-refractivity contribution is 7.91. The zero-order valence-electron chi connectivity index (χ0n) is 8.32. The minimum atomic E-state index is -3.06. The van der Waals surface area contributed by atoms with Crippen LogP contribution < -0.4 is 5.73 Å². The van der Waals surface area contributed by atoms with Crippen molar-refractivity contribution in [1.29, 1.82) is 0 Å². The number of sulfone groups is 1. The summed E-state index contributed by atoms with van der Waals surface area (Å²) in [5.74, 6) is 0. The number of hydrogen-bond donors (Lipinski definition) is 1. The highest BCUT2D eigenvalue weighted by Crippen LogP contribution is 2.51. The summed E-state index contributed by atoms with van der Waals surface area (Å²) in [4.78, 5) is 0.251. The Balaban J connectivity index is 2.76. The van der Waals surface area contributed by atoms with Crippen molar-refractivity contribution in [3.05, 3.63) is 0 Å². The van der Waals surface area contributed by atoms with Gasteiger partial charge in [-0.3, -0.25) is 0 Å². The Morgan fingerprint density at radius 1 is 1.71 bits per heavy atom. The minimum absolute atomic E-state index is 0.251. The largest absolute Gasteiger partial charge is 0.393 e. The average Bonchev–Trinajstić information content (AvgIpc) is 2.75. The van der Waals surface area contributed by atoms with Gasteiger partial charge in [0, 0.05) is 12.9 Å². The molecule has 0 saturated heterocycles. The van der Waals surface area contributed by atoms with Gasteiger partial charge in [-0.2, -0.15) is 0 Å². The van der Waals surface area contributed by atoms with Crippen LogP contribution in [0.1, 0.15) is 13.3 Å². The number of thiocarbonyl (C=S) groups is 1. The van der Waals surface area contributed by atoms with E-state index in [-0.39, 0.29) is 4.99 Å². The van der Waals surface area contributed by atoms with Crippen LogP contribution in [0.2, 0.25) is 0 Å². The normalized spacial score (nSPS) is 31.4. The zero-order valence-corrected chi connectivity index (χ0v) is 9.95. The standard InChI is InChI=1S/C8H15NO3S2/c1-3-12-5-8(7(9)13)4-6(8)14(2,10)11/h6H,3-5H2,1-2H3,(H2,9,13). The second kappa shape index (κ2) is 3.75. The molecule has 4 nitrogen and oxygen atoms in total. The zero-order chi connectivity index (χ0) is 11.0. The third-order valence-corrected chi connectivity index (χ3v) is 4.64. The summed E-state index contributed by atoms with van der Waals surface area (Å²) in [5, 5.41) is -0.445. The number of hydrogen-bond acceptors (Lipinski definition) is 4. The SMILES string of the molecule is CCOCC1(C(N)=S)CC1S(C)(=O)=O. The molecule has 2 N–H and O–H groups in total. The molecule has 0 aromatic heterocycles. The Hall–Kier alpha value is -0.200. The quantitative estimate of drug-likeness (QED) is 0.687. The van der Waals surface area contributed by atoms with Gasteiger partial charge in [0.05, 0.1) is 22.3 Å². The van der Waals surface area contributed by atoms with E-state index in [4.69, 9.17) is 22.7 Å². The predicted octanol–water partition coefficient (Wildman–Crippen LogP) is 0.112. The summed E-state index contributed by atoms with van der Waals surface area (Å²) < 4.78 is 27.8. The van der Waals surface area contributed by atoms with Crippen molar-refractivity contribution >= 4 is 27.0 Å². The van der Waals surface area contributed by atoms with Crippen molar-refractivity contribution in [3.63, 3.8) is 0 Å². The van der Waals surface area contributed by atoms with Crippen molar-refractivity contribution in [2.45, 2.75) is 18.6 Å². The van der Waals surface area contributed by atoms with Gasteiger partial charge >= 0.3 is 0 Å². The fourth-order valence-corrected chi connectivity index (χ4v) is 3.57. The fraction of sp³-hybridized carbons (Fsp3) is 0.875. The lowest BCUT2D eigenvalue weighted by molar-refractivity contribution is 0.123. The van der Waals surface area contributed by atoms with E-state index in [0.29, 0.717) is 19.6 Å². The van der Waals surface area contributed by atoms with Gasteiger partial charge in [-0.15, -0.1) is 0 Å². The van der Waals surface area contributed by atoms with Gasteiger partial charge in [-0.25, -0.2) is 8.42 Å². The molecule has 0 aliphatic heterocycles. The molecule has 0 aromatic carbocycles. The molecule has 0 radical (unpaired) electrons. The maximum atomic E-state index is 11.3. The molecule has 0 heterocycles. The molecular formula is C8H15NO3S2. The molecule has 2 atom stereocenters. The topological polar surface area (TPSA) is 69.4 Å². The summed E-state index contributed by atoms with van der Waals surface area (Å²) in [6.45, 7) is 2.71. The van der Waals surface area contributed by atoms with Crippen molar-refractivity contribution in [2.24, 2.45) is 11.1 Å². The molecule has 0 amide bonds. The number of rotatable bonds is 5. The second-order valence-corrected chi connectivity index (χ2v) is 6.35. The maximum Gasteiger partial charge on any atom is 0.151 e. The van der Waals surface area contributed by atoms with Crippen molar-refractivity contribution < 1.29 is 13.2 Å². The van der Waals surface area contributed by atoms with Crippen LogP contribution in [-0.4, -0.2) is 38.1 Å². The van der Waals surface area contributed by atoms with E-state index < -0.39 is 20.5 Å². The van der Waals surface area contributed by atoms with Crippen molar-refractivity contribution in [1.82, 2.24) is 0 Å². The first-order chi connectivity index (χ1) is 6.34. The van der Waals surface area contributed by atoms with Crippen molar-refractivity contribution in [3.8, 4) is 0 Å². The van der Waals surface area contributed by atoms with Crippen LogP contribution in [0.15, 0.2) is 0 Å². The third kappa shape index (κ3) is 2.07. The highest BCUT2D eigenvalue weighted by atomic mass is 32.2. The fourth-order valence-electron chi connectivity index (χ4n) is 1.60. The van der Waals surface area contributed by atoms with Gasteiger partial charge in [-0.1, -0.05) is 12.2 Å². The summed E-state index contributed by atoms with van der Waals surface area (Å²) in [7, 11) is -3.06. The molecule has 1 rings (SSSR count). The first-order valence-electron chi connectivity index (χ1n) is 4.41. The summed E-state index contributed by atoms with van der Waals surface area (Å²) in [6, 6.07) is 0. The van der Waals surface area contributed by atoms with E-state index in [2.05, 4.69) is 0 Å². The molecule has 14 heavy (non-hydrogen) atoms. The molecule has 6 heteroatoms. The van der Waals surface area contributed by atoms with Crippen LogP contribution in [0, 0.1) is 5.41 Å². The molecule has 0 aromatic rings. The second-order valence-electron chi connectivity index (χ2n) is 3.68. The first kappa shape index (κ1) is 11.9. The van der Waals surface area contributed by atoms with Crippen LogP contribution in [0.4, 0.5) is 0 Å². The lowest BCUT2D eigenvalue weighted by Crippen LogP contribution is -2.32. The Labute approximate surface area is 89.7 Å². The summed E-state index contributed by atoms with van der Waals surface area (Å²) in [5.41, 5.74) is 4.95. The molecule has 1 aliphatic rings. The lowest BCUT2D eigenvalue weighted by Gasteiger charge is -2.14. The predicted molar refractivity (Wildman–Crippen MR) is 59.0 cm³/mol. The number of ether oxygens (including phenoxy) is 1. The highest BCUT2D eigenvalue weighted by Gasteiger charge is 2.62. The van der Waals surface area contributed by atoms with Crippen LogP contribution in [0.3, 0.4) is 0 Å². The Bertz CT molecular complexity index is 338. The average molecular weight is 237 g/mol. The van der Waals surface area contributed by atoms with Crippen LogP contribution in [0.25, 0.3) is 0 Å². The van der Waals surface area contributed by atoms with Gasteiger partial charge in [0.1, 0.15) is 0 Å². The Morgan fingerprint density at radius 3 is 2.57 bits per heavy atom.